The predicted molar refractivity (Wildman–Crippen MR) is 142 cm³/mol. The number of Topliss-reactive ketones (excluding diaryl/α,β-unsaturated/α-hetero) is 1. The Morgan fingerprint density at radius 3 is 2.33 bits per heavy atom. The van der Waals surface area contributed by atoms with Crippen molar-refractivity contribution in [3.05, 3.63) is 64.9 Å². The summed E-state index contributed by atoms with van der Waals surface area (Å²) in [6.07, 6.45) is 1.33. The van der Waals surface area contributed by atoms with Gasteiger partial charge < -0.3 is 15.0 Å². The lowest BCUT2D eigenvalue weighted by Gasteiger charge is -2.44. The van der Waals surface area contributed by atoms with Gasteiger partial charge in [0.15, 0.2) is 5.78 Å². The molecule has 2 atom stereocenters. The normalized spacial score (nSPS) is 24.1. The van der Waals surface area contributed by atoms with E-state index in [1.54, 1.807) is 24.1 Å². The molecular weight excluding hydrogens is 523 g/mol. The second-order valence-corrected chi connectivity index (χ2v) is 11.1. The van der Waals surface area contributed by atoms with Gasteiger partial charge in [0.1, 0.15) is 22.5 Å². The zero-order chi connectivity index (χ0) is 27.8. The molecule has 1 N–H and O–H groups in total. The van der Waals surface area contributed by atoms with Crippen LogP contribution < -0.4 is 10.1 Å². The molecule has 0 unspecified atom stereocenters. The molecule has 2 amide bonds. The van der Waals surface area contributed by atoms with Crippen molar-refractivity contribution in [2.24, 2.45) is 11.3 Å². The third-order valence-electron chi connectivity index (χ3n) is 8.44. The fourth-order valence-electron chi connectivity index (χ4n) is 5.90. The molecule has 3 aliphatic rings. The number of carbonyl (C=O) groups excluding carboxylic acids is 3. The third kappa shape index (κ3) is 4.99. The van der Waals surface area contributed by atoms with Crippen molar-refractivity contribution in [3.8, 4) is 11.8 Å². The van der Waals surface area contributed by atoms with Gasteiger partial charge in [-0.15, -0.1) is 0 Å². The predicted octanol–water partition coefficient (Wildman–Crippen LogP) is 4.15. The number of halogens is 2. The Morgan fingerprint density at radius 2 is 1.74 bits per heavy atom. The number of nitrogens with zero attached hydrogens (tertiary/aromatic N) is 3. The van der Waals surface area contributed by atoms with Gasteiger partial charge in [0.2, 0.25) is 5.91 Å². The Kier molecular flexibility index (Phi) is 7.36. The quantitative estimate of drug-likeness (QED) is 0.577. The van der Waals surface area contributed by atoms with Gasteiger partial charge in [-0.25, -0.2) is 9.18 Å². The van der Waals surface area contributed by atoms with E-state index in [-0.39, 0.29) is 35.8 Å². The van der Waals surface area contributed by atoms with E-state index in [4.69, 9.17) is 16.3 Å². The van der Waals surface area contributed by atoms with Gasteiger partial charge in [-0.1, -0.05) is 23.7 Å². The van der Waals surface area contributed by atoms with Crippen LogP contribution in [0.1, 0.15) is 37.2 Å². The van der Waals surface area contributed by atoms with Gasteiger partial charge in [0, 0.05) is 50.1 Å². The summed E-state index contributed by atoms with van der Waals surface area (Å²) in [5, 5.41) is 13.3. The van der Waals surface area contributed by atoms with Crippen molar-refractivity contribution in [3.63, 3.8) is 0 Å². The zero-order valence-corrected chi connectivity index (χ0v) is 22.4. The summed E-state index contributed by atoms with van der Waals surface area (Å²) in [5.74, 6) is -1.29. The van der Waals surface area contributed by atoms with Gasteiger partial charge in [0.05, 0.1) is 6.07 Å². The van der Waals surface area contributed by atoms with Crippen LogP contribution in [0.4, 0.5) is 9.18 Å². The first kappa shape index (κ1) is 27.1. The minimum absolute atomic E-state index is 0.0977. The van der Waals surface area contributed by atoms with Crippen LogP contribution in [0.25, 0.3) is 0 Å². The summed E-state index contributed by atoms with van der Waals surface area (Å²) >= 11 is 6.13. The van der Waals surface area contributed by atoms with Crippen molar-refractivity contribution >= 4 is 29.4 Å². The maximum absolute atomic E-state index is 14.4. The summed E-state index contributed by atoms with van der Waals surface area (Å²) in [4.78, 5) is 43.8. The van der Waals surface area contributed by atoms with Crippen LogP contribution in [0, 0.1) is 28.5 Å². The zero-order valence-electron chi connectivity index (χ0n) is 21.7. The third-order valence-corrected chi connectivity index (χ3v) is 8.69. The van der Waals surface area contributed by atoms with Crippen LogP contribution >= 0.6 is 11.6 Å². The molecule has 0 bridgehead atoms. The van der Waals surface area contributed by atoms with E-state index in [2.05, 4.69) is 11.4 Å². The molecule has 0 radical (unpaired) electrons. The van der Waals surface area contributed by atoms with E-state index in [1.807, 2.05) is 12.1 Å². The maximum atomic E-state index is 14.4. The number of likely N-dealkylation sites (N-methyl/N-ethyl adjacent to an activating group) is 1. The second-order valence-electron chi connectivity index (χ2n) is 10.7. The Morgan fingerprint density at radius 1 is 1.10 bits per heavy atom. The second kappa shape index (κ2) is 10.6. The van der Waals surface area contributed by atoms with Crippen LogP contribution in [-0.2, 0) is 9.59 Å². The lowest BCUT2D eigenvalue weighted by atomic mass is 9.72. The van der Waals surface area contributed by atoms with Gasteiger partial charge in [-0.05, 0) is 67.6 Å². The average molecular weight is 553 g/mol. The fourth-order valence-corrected chi connectivity index (χ4v) is 6.02. The molecule has 0 aromatic heterocycles. The molecule has 39 heavy (non-hydrogen) atoms. The van der Waals surface area contributed by atoms with Crippen molar-refractivity contribution < 1.29 is 23.5 Å². The first-order valence-electron chi connectivity index (χ1n) is 13.1. The number of amides is 2. The van der Waals surface area contributed by atoms with Crippen LogP contribution in [0.15, 0.2) is 48.5 Å². The topological polar surface area (TPSA) is 103 Å². The molecule has 1 saturated carbocycles. The highest BCUT2D eigenvalue weighted by atomic mass is 35.5. The van der Waals surface area contributed by atoms with Crippen molar-refractivity contribution in [1.82, 2.24) is 15.1 Å². The molecule has 1 aliphatic carbocycles. The summed E-state index contributed by atoms with van der Waals surface area (Å²) in [7, 11) is 1.56. The van der Waals surface area contributed by atoms with E-state index < -0.39 is 22.9 Å². The highest BCUT2D eigenvalue weighted by Crippen LogP contribution is 2.47. The number of hydrogen-bond donors (Lipinski definition) is 1. The van der Waals surface area contributed by atoms with Crippen LogP contribution in [-0.4, -0.2) is 66.3 Å². The lowest BCUT2D eigenvalue weighted by Crippen LogP contribution is -2.62. The van der Waals surface area contributed by atoms with E-state index in [0.29, 0.717) is 50.3 Å². The molecule has 3 fully saturated rings. The number of ketones is 1. The van der Waals surface area contributed by atoms with Gasteiger partial charge >= 0.3 is 6.09 Å². The Hall–Kier alpha value is -3.48. The molecule has 2 aliphatic heterocycles. The average Bonchev–Trinajstić information content (AvgIpc) is 3.64. The number of rotatable bonds is 6. The number of piperidine rings is 1. The van der Waals surface area contributed by atoms with Crippen LogP contribution in [0.2, 0.25) is 5.02 Å². The number of hydrogen-bond acceptors (Lipinski definition) is 6. The standard InChI is InChI=1S/C29H30ClFN4O4/c1-34(27(38)39-23-8-6-22(31)7-9-23)29(18-33-16-24(29)19-2-4-21(30)5-3-19)25(36)20-10-14-35(15-11-20)26(37)28(17-32)12-13-28/h2-9,20,24,33H,10-16,18H2,1H3/t24-,29+/m0/s1. The highest BCUT2D eigenvalue weighted by molar-refractivity contribution is 6.30. The Labute approximate surface area is 231 Å². The number of nitriles is 1. The molecule has 5 rings (SSSR count). The van der Waals surface area contributed by atoms with Gasteiger partial charge in [-0.3, -0.25) is 14.5 Å². The number of nitrogens with one attached hydrogen (secondary N) is 1. The Balaban J connectivity index is 1.41. The SMILES string of the molecule is CN(C(=O)Oc1ccc(F)cc1)[C@]1(C(=O)C2CCN(C(=O)C3(C#N)CC3)CC2)CNC[C@H]1c1ccc(Cl)cc1. The molecule has 2 saturated heterocycles. The van der Waals surface area contributed by atoms with Crippen molar-refractivity contribution in [2.45, 2.75) is 37.1 Å². The van der Waals surface area contributed by atoms with Crippen molar-refractivity contribution in [1.29, 1.82) is 5.26 Å². The first-order chi connectivity index (χ1) is 18.7. The van der Waals surface area contributed by atoms with Gasteiger partial charge in [0.25, 0.3) is 0 Å². The summed E-state index contributed by atoms with van der Waals surface area (Å²) in [6.45, 7) is 1.46. The smallest absolute Gasteiger partial charge is 0.410 e. The number of ether oxygens (including phenoxy) is 1. The molecule has 0 spiro atoms. The Bertz CT molecular complexity index is 1300. The summed E-state index contributed by atoms with van der Waals surface area (Å²) in [6, 6.07) is 14.5. The minimum atomic E-state index is -1.26. The van der Waals surface area contributed by atoms with Crippen molar-refractivity contribution in [2.75, 3.05) is 33.2 Å². The molecular formula is C29H30ClFN4O4. The van der Waals surface area contributed by atoms with Gasteiger partial charge in [-0.2, -0.15) is 5.26 Å². The van der Waals surface area contributed by atoms with E-state index in [1.165, 1.54) is 29.2 Å². The molecule has 204 valence electrons. The largest absolute Gasteiger partial charge is 0.415 e. The lowest BCUT2D eigenvalue weighted by molar-refractivity contribution is -0.141. The molecule has 8 nitrogen and oxygen atoms in total. The minimum Gasteiger partial charge on any atom is -0.410 e. The van der Waals surface area contributed by atoms with Crippen LogP contribution in [0.3, 0.4) is 0 Å². The number of likely N-dealkylation sites (tertiary alicyclic amines) is 1. The summed E-state index contributed by atoms with van der Waals surface area (Å²) < 4.78 is 18.9. The molecule has 10 heteroatoms. The number of carbonyl (C=O) groups is 3. The van der Waals surface area contributed by atoms with Crippen LogP contribution in [0.5, 0.6) is 5.75 Å². The highest BCUT2D eigenvalue weighted by Gasteiger charge is 2.57. The molecule has 2 heterocycles. The van der Waals surface area contributed by atoms with E-state index in [9.17, 15) is 24.0 Å². The first-order valence-corrected chi connectivity index (χ1v) is 13.5. The fraction of sp³-hybridized carbons (Fsp3) is 0.448. The van der Waals surface area contributed by atoms with E-state index in [0.717, 1.165) is 5.56 Å². The summed E-state index contributed by atoms with van der Waals surface area (Å²) in [5.41, 5.74) is -1.29. The monoisotopic (exact) mass is 552 g/mol. The maximum Gasteiger partial charge on any atom is 0.415 e. The molecule has 2 aromatic rings. The molecule has 2 aromatic carbocycles. The number of benzene rings is 2. The van der Waals surface area contributed by atoms with E-state index >= 15 is 0 Å².